The van der Waals surface area contributed by atoms with Gasteiger partial charge in [0.15, 0.2) is 5.92 Å². The number of carboxylic acid groups (broad SMARTS) is 1. The van der Waals surface area contributed by atoms with E-state index in [1.54, 1.807) is 49.5 Å². The Morgan fingerprint density at radius 3 is 1.80 bits per heavy atom. The van der Waals surface area contributed by atoms with Crippen LogP contribution in [-0.4, -0.2) is 82.9 Å². The molecule has 0 fully saturated rings. The van der Waals surface area contributed by atoms with Gasteiger partial charge >= 0.3 is 18.3 Å². The molecular formula is C31H37F6N5O7. The van der Waals surface area contributed by atoms with E-state index < -0.39 is 85.0 Å². The lowest BCUT2D eigenvalue weighted by Crippen LogP contribution is -2.62. The van der Waals surface area contributed by atoms with Gasteiger partial charge < -0.3 is 37.2 Å². The van der Waals surface area contributed by atoms with Crippen LogP contribution in [0.2, 0.25) is 0 Å². The third-order valence-electron chi connectivity index (χ3n) is 7.03. The van der Waals surface area contributed by atoms with Crippen LogP contribution in [0.4, 0.5) is 26.3 Å². The normalized spacial score (nSPS) is 14.3. The molecule has 2 rings (SSSR count). The van der Waals surface area contributed by atoms with Crippen molar-refractivity contribution in [1.29, 1.82) is 0 Å². The van der Waals surface area contributed by atoms with Crippen molar-refractivity contribution in [3.63, 3.8) is 0 Å². The summed E-state index contributed by atoms with van der Waals surface area (Å²) in [6.45, 7) is 2.17. The molecule has 0 aliphatic rings. The number of carbonyl (C=O) groups is 5. The van der Waals surface area contributed by atoms with Crippen molar-refractivity contribution < 1.29 is 60.5 Å². The summed E-state index contributed by atoms with van der Waals surface area (Å²) >= 11 is 0. The number of hydrogen-bond acceptors (Lipinski definition) is 7. The first-order valence-electron chi connectivity index (χ1n) is 14.8. The number of halogens is 6. The van der Waals surface area contributed by atoms with Crippen LogP contribution in [0.15, 0.2) is 54.6 Å². The minimum Gasteiger partial charge on any atom is -0.508 e. The second-order valence-corrected chi connectivity index (χ2v) is 11.6. The van der Waals surface area contributed by atoms with Gasteiger partial charge in [-0.25, -0.2) is 4.79 Å². The van der Waals surface area contributed by atoms with Gasteiger partial charge in [0.1, 0.15) is 23.9 Å². The van der Waals surface area contributed by atoms with Crippen LogP contribution in [0.25, 0.3) is 0 Å². The molecule has 4 atom stereocenters. The Balaban J connectivity index is 2.26. The number of alkyl halides is 6. The Kier molecular flexibility index (Phi) is 14.4. The highest BCUT2D eigenvalue weighted by Crippen LogP contribution is 2.41. The van der Waals surface area contributed by atoms with E-state index in [1.807, 2.05) is 0 Å². The Morgan fingerprint density at radius 1 is 0.735 bits per heavy atom. The van der Waals surface area contributed by atoms with E-state index in [9.17, 15) is 60.5 Å². The lowest BCUT2D eigenvalue weighted by Gasteiger charge is -2.31. The predicted octanol–water partition coefficient (Wildman–Crippen LogP) is 1.95. The standard InChI is InChI=1S/C31H37F6N5O7/c1-16(2)12-22(29(48)49)41-27(46)21(14-17-6-4-3-5-7-17)40-23(44)15-39-28(47)24(25(30(32,33)34)31(35,36)37)42-26(45)20(38)13-18-8-10-19(43)11-9-18/h3-11,16,20-22,24-25,43H,12-15,38H2,1-2H3,(H,39,47)(H,40,44)(H,41,46)(H,42,45)(H,48,49)/t20-,21-,22-,24+/m0/s1. The highest BCUT2D eigenvalue weighted by Gasteiger charge is 2.62. The number of aromatic hydroxyl groups is 1. The maximum absolute atomic E-state index is 13.7. The van der Waals surface area contributed by atoms with E-state index in [0.29, 0.717) is 5.56 Å². The van der Waals surface area contributed by atoms with Crippen LogP contribution in [0.1, 0.15) is 31.4 Å². The Labute approximate surface area is 276 Å². The van der Waals surface area contributed by atoms with Crippen LogP contribution in [0, 0.1) is 11.8 Å². The zero-order chi connectivity index (χ0) is 37.1. The number of aliphatic carboxylic acids is 1. The van der Waals surface area contributed by atoms with Crippen molar-refractivity contribution in [3.8, 4) is 5.75 Å². The number of nitrogens with two attached hydrogens (primary N) is 1. The van der Waals surface area contributed by atoms with E-state index >= 15 is 0 Å². The van der Waals surface area contributed by atoms with Gasteiger partial charge in [-0.2, -0.15) is 26.3 Å². The highest BCUT2D eigenvalue weighted by molar-refractivity contribution is 5.94. The molecule has 18 heteroatoms. The largest absolute Gasteiger partial charge is 0.508 e. The molecule has 270 valence electrons. The summed E-state index contributed by atoms with van der Waals surface area (Å²) in [5.41, 5.74) is 6.47. The van der Waals surface area contributed by atoms with Crippen LogP contribution in [0.5, 0.6) is 5.75 Å². The number of phenolic OH excluding ortho intramolecular Hbond substituents is 1. The van der Waals surface area contributed by atoms with Crippen LogP contribution in [0.3, 0.4) is 0 Å². The van der Waals surface area contributed by atoms with E-state index in [-0.39, 0.29) is 30.1 Å². The van der Waals surface area contributed by atoms with Gasteiger partial charge in [-0.3, -0.25) is 19.2 Å². The zero-order valence-electron chi connectivity index (χ0n) is 26.3. The molecule has 0 saturated carbocycles. The SMILES string of the molecule is CC(C)C[C@H](NC(=O)[C@H](Cc1ccccc1)NC(=O)CNC(=O)[C@H](NC(=O)[C@@H](N)Cc1ccc(O)cc1)C(C(F)(F)F)C(F)(F)F)C(=O)O. The van der Waals surface area contributed by atoms with Gasteiger partial charge in [0.2, 0.25) is 23.6 Å². The summed E-state index contributed by atoms with van der Waals surface area (Å²) in [6.07, 6.45) is -12.8. The minimum absolute atomic E-state index is 0.0222. The van der Waals surface area contributed by atoms with E-state index in [4.69, 9.17) is 5.73 Å². The van der Waals surface area contributed by atoms with Crippen molar-refractivity contribution in [2.75, 3.05) is 6.54 Å². The third-order valence-corrected chi connectivity index (χ3v) is 7.03. The zero-order valence-corrected chi connectivity index (χ0v) is 26.3. The average molecular weight is 706 g/mol. The molecule has 8 N–H and O–H groups in total. The van der Waals surface area contributed by atoms with E-state index in [1.165, 1.54) is 29.6 Å². The molecule has 12 nitrogen and oxygen atoms in total. The first kappa shape index (κ1) is 40.3. The number of carbonyl (C=O) groups excluding carboxylic acids is 4. The summed E-state index contributed by atoms with van der Waals surface area (Å²) < 4.78 is 82.2. The number of hydrogen-bond donors (Lipinski definition) is 7. The number of nitrogens with one attached hydrogen (secondary N) is 4. The van der Waals surface area contributed by atoms with Crippen LogP contribution >= 0.6 is 0 Å². The molecule has 0 spiro atoms. The molecule has 2 aromatic carbocycles. The fraction of sp³-hybridized carbons (Fsp3) is 0.452. The lowest BCUT2D eigenvalue weighted by atomic mass is 9.96. The monoisotopic (exact) mass is 705 g/mol. The lowest BCUT2D eigenvalue weighted by molar-refractivity contribution is -0.289. The van der Waals surface area contributed by atoms with Crippen molar-refractivity contribution in [2.45, 2.75) is 69.6 Å². The molecule has 2 aromatic rings. The molecule has 0 heterocycles. The molecule has 0 saturated heterocycles. The maximum Gasteiger partial charge on any atom is 0.403 e. The van der Waals surface area contributed by atoms with Gasteiger partial charge in [0, 0.05) is 6.42 Å². The smallest absolute Gasteiger partial charge is 0.403 e. The molecule has 0 aliphatic carbocycles. The maximum atomic E-state index is 13.7. The molecule has 0 radical (unpaired) electrons. The Bertz CT molecular complexity index is 1430. The van der Waals surface area contributed by atoms with E-state index in [0.717, 1.165) is 0 Å². The molecular weight excluding hydrogens is 668 g/mol. The fourth-order valence-electron chi connectivity index (χ4n) is 4.65. The second-order valence-electron chi connectivity index (χ2n) is 11.6. The quantitative estimate of drug-likeness (QED) is 0.129. The number of benzene rings is 2. The molecule has 49 heavy (non-hydrogen) atoms. The summed E-state index contributed by atoms with van der Waals surface area (Å²) in [6, 6.07) is 5.14. The van der Waals surface area contributed by atoms with Gasteiger partial charge in [-0.05, 0) is 42.0 Å². The molecule has 0 aliphatic heterocycles. The van der Waals surface area contributed by atoms with E-state index in [2.05, 4.69) is 10.6 Å². The first-order chi connectivity index (χ1) is 22.7. The number of amides is 4. The summed E-state index contributed by atoms with van der Waals surface area (Å²) in [5.74, 6) is -11.9. The Hall–Kier alpha value is -4.87. The van der Waals surface area contributed by atoms with Crippen LogP contribution < -0.4 is 27.0 Å². The van der Waals surface area contributed by atoms with Gasteiger partial charge in [0.25, 0.3) is 0 Å². The summed E-state index contributed by atoms with van der Waals surface area (Å²) in [7, 11) is 0. The molecule has 4 amide bonds. The van der Waals surface area contributed by atoms with Gasteiger partial charge in [-0.1, -0.05) is 56.3 Å². The topological polar surface area (TPSA) is 200 Å². The highest BCUT2D eigenvalue weighted by atomic mass is 19.4. The molecule has 0 aromatic heterocycles. The number of rotatable bonds is 16. The average Bonchev–Trinajstić information content (AvgIpc) is 2.98. The van der Waals surface area contributed by atoms with Crippen molar-refractivity contribution in [1.82, 2.24) is 21.3 Å². The first-order valence-corrected chi connectivity index (χ1v) is 14.8. The number of carboxylic acids is 1. The molecule has 0 bridgehead atoms. The molecule has 0 unspecified atom stereocenters. The third kappa shape index (κ3) is 13.3. The van der Waals surface area contributed by atoms with Crippen molar-refractivity contribution in [3.05, 3.63) is 65.7 Å². The van der Waals surface area contributed by atoms with Crippen molar-refractivity contribution in [2.24, 2.45) is 17.6 Å². The van der Waals surface area contributed by atoms with Crippen LogP contribution in [-0.2, 0) is 36.8 Å². The summed E-state index contributed by atoms with van der Waals surface area (Å²) in [5, 5.41) is 26.4. The number of phenols is 1. The van der Waals surface area contributed by atoms with Crippen molar-refractivity contribution >= 4 is 29.6 Å². The summed E-state index contributed by atoms with van der Waals surface area (Å²) in [4.78, 5) is 63.1. The Morgan fingerprint density at radius 2 is 1.29 bits per heavy atom. The van der Waals surface area contributed by atoms with Gasteiger partial charge in [0.05, 0.1) is 12.6 Å². The predicted molar refractivity (Wildman–Crippen MR) is 161 cm³/mol. The second kappa shape index (κ2) is 17.5. The fourth-order valence-corrected chi connectivity index (χ4v) is 4.65. The van der Waals surface area contributed by atoms with Gasteiger partial charge in [-0.15, -0.1) is 0 Å². The minimum atomic E-state index is -6.09.